The van der Waals surface area contributed by atoms with E-state index >= 15 is 0 Å². The molecule has 1 aromatic rings. The topological polar surface area (TPSA) is 66.7 Å². The quantitative estimate of drug-likeness (QED) is 0.568. The average Bonchev–Trinajstić information content (AvgIpc) is 2.15. The molecule has 0 aliphatic rings. The van der Waals surface area contributed by atoms with E-state index in [0.29, 0.717) is 5.56 Å². The van der Waals surface area contributed by atoms with Gasteiger partial charge in [-0.15, -0.1) is 4.91 Å². The lowest BCUT2D eigenvalue weighted by molar-refractivity contribution is -0.131. The Kier molecular flexibility index (Phi) is 2.92. The van der Waals surface area contributed by atoms with E-state index in [-0.39, 0.29) is 5.69 Å². The van der Waals surface area contributed by atoms with Crippen LogP contribution in [0.25, 0.3) is 6.08 Å². The molecule has 0 fully saturated rings. The van der Waals surface area contributed by atoms with E-state index in [0.717, 1.165) is 6.08 Å². The molecule has 0 spiro atoms. The number of nitrogens with zero attached hydrogens (tertiary/aromatic N) is 1. The van der Waals surface area contributed by atoms with Crippen molar-refractivity contribution in [3.8, 4) is 0 Å². The Bertz CT molecular complexity index is 358. The predicted octanol–water partition coefficient (Wildman–Crippen LogP) is 2.18. The molecule has 13 heavy (non-hydrogen) atoms. The van der Waals surface area contributed by atoms with Crippen molar-refractivity contribution in [2.75, 3.05) is 0 Å². The molecule has 0 aliphatic heterocycles. The molecule has 4 heteroatoms. The van der Waals surface area contributed by atoms with Crippen molar-refractivity contribution in [1.82, 2.24) is 0 Å². The third kappa shape index (κ3) is 2.86. The molecule has 1 aromatic carbocycles. The Labute approximate surface area is 74.5 Å². The van der Waals surface area contributed by atoms with Crippen molar-refractivity contribution in [2.45, 2.75) is 0 Å². The predicted molar refractivity (Wildman–Crippen MR) is 48.6 cm³/mol. The summed E-state index contributed by atoms with van der Waals surface area (Å²) in [7, 11) is 0. The van der Waals surface area contributed by atoms with Gasteiger partial charge in [0, 0.05) is 6.08 Å². The van der Waals surface area contributed by atoms with E-state index in [2.05, 4.69) is 5.18 Å². The number of nitroso groups, excluding NO2 is 1. The van der Waals surface area contributed by atoms with Gasteiger partial charge in [-0.2, -0.15) is 0 Å². The number of hydrogen-bond donors (Lipinski definition) is 1. The second-order valence-electron chi connectivity index (χ2n) is 2.36. The molecular formula is C9H7NO3. The molecule has 1 N–H and O–H groups in total. The Morgan fingerprint density at radius 2 is 2.23 bits per heavy atom. The maximum atomic E-state index is 10.2. The van der Waals surface area contributed by atoms with Gasteiger partial charge < -0.3 is 5.11 Å². The molecule has 0 atom stereocenters. The molecule has 66 valence electrons. The minimum absolute atomic E-state index is 0.285. The van der Waals surface area contributed by atoms with Gasteiger partial charge in [0.25, 0.3) is 0 Å². The van der Waals surface area contributed by atoms with Crippen LogP contribution < -0.4 is 0 Å². The summed E-state index contributed by atoms with van der Waals surface area (Å²) in [5.41, 5.74) is 0.923. The Morgan fingerprint density at radius 3 is 2.85 bits per heavy atom. The van der Waals surface area contributed by atoms with Gasteiger partial charge in [-0.1, -0.05) is 12.1 Å². The summed E-state index contributed by atoms with van der Waals surface area (Å²) in [5, 5.41) is 11.1. The molecule has 0 saturated heterocycles. The zero-order valence-corrected chi connectivity index (χ0v) is 6.68. The summed E-state index contributed by atoms with van der Waals surface area (Å²) < 4.78 is 0. The van der Waals surface area contributed by atoms with Crippen LogP contribution in [0.5, 0.6) is 0 Å². The molecule has 0 amide bonds. The van der Waals surface area contributed by atoms with Crippen molar-refractivity contribution < 1.29 is 9.90 Å². The number of aliphatic carboxylic acids is 1. The van der Waals surface area contributed by atoms with Crippen molar-refractivity contribution >= 4 is 17.7 Å². The third-order valence-corrected chi connectivity index (χ3v) is 1.39. The first-order chi connectivity index (χ1) is 6.22. The molecule has 4 nitrogen and oxygen atoms in total. The summed E-state index contributed by atoms with van der Waals surface area (Å²) in [6.45, 7) is 0. The highest BCUT2D eigenvalue weighted by Crippen LogP contribution is 2.14. The molecule has 0 aliphatic carbocycles. The highest BCUT2D eigenvalue weighted by molar-refractivity contribution is 5.85. The summed E-state index contributed by atoms with van der Waals surface area (Å²) >= 11 is 0. The lowest BCUT2D eigenvalue weighted by atomic mass is 10.2. The van der Waals surface area contributed by atoms with E-state index in [1.165, 1.54) is 12.1 Å². The average molecular weight is 177 g/mol. The maximum absolute atomic E-state index is 10.2. The van der Waals surface area contributed by atoms with Gasteiger partial charge in [0.05, 0.1) is 0 Å². The Morgan fingerprint density at radius 1 is 1.46 bits per heavy atom. The largest absolute Gasteiger partial charge is 0.478 e. The van der Waals surface area contributed by atoms with Crippen molar-refractivity contribution in [3.63, 3.8) is 0 Å². The standard InChI is InChI=1S/C9H7NO3/c11-9(12)5-4-7-2-1-3-8(6-7)10-13/h1-6H,(H,11,12)/b5-4+. The van der Waals surface area contributed by atoms with Crippen LogP contribution in [0.1, 0.15) is 5.56 Å². The van der Waals surface area contributed by atoms with Crippen LogP contribution in [0, 0.1) is 4.91 Å². The van der Waals surface area contributed by atoms with Gasteiger partial charge in [0.1, 0.15) is 5.69 Å². The first-order valence-electron chi connectivity index (χ1n) is 3.57. The Balaban J connectivity index is 2.89. The SMILES string of the molecule is O=Nc1cccc(/C=C/C(=O)O)c1. The second-order valence-corrected chi connectivity index (χ2v) is 2.36. The fraction of sp³-hybridized carbons (Fsp3) is 0. The lowest BCUT2D eigenvalue weighted by Gasteiger charge is -1.91. The van der Waals surface area contributed by atoms with Crippen LogP contribution in [0.4, 0.5) is 5.69 Å². The second kappa shape index (κ2) is 4.15. The normalized spacial score (nSPS) is 10.2. The number of carboxylic acids is 1. The monoisotopic (exact) mass is 177 g/mol. The number of hydrogen-bond acceptors (Lipinski definition) is 3. The number of rotatable bonds is 3. The summed E-state index contributed by atoms with van der Waals surface area (Å²) in [4.78, 5) is 20.3. The summed E-state index contributed by atoms with van der Waals surface area (Å²) in [6.07, 6.45) is 2.40. The molecule has 0 radical (unpaired) electrons. The molecule has 0 aromatic heterocycles. The van der Waals surface area contributed by atoms with Gasteiger partial charge in [-0.05, 0) is 28.9 Å². The van der Waals surface area contributed by atoms with Crippen LogP contribution in [-0.2, 0) is 4.79 Å². The van der Waals surface area contributed by atoms with Crippen LogP contribution in [-0.4, -0.2) is 11.1 Å². The molecular weight excluding hydrogens is 170 g/mol. The minimum atomic E-state index is -1.02. The Hall–Kier alpha value is -1.97. The minimum Gasteiger partial charge on any atom is -0.478 e. The van der Waals surface area contributed by atoms with Crippen molar-refractivity contribution in [2.24, 2.45) is 5.18 Å². The van der Waals surface area contributed by atoms with Gasteiger partial charge in [0.2, 0.25) is 0 Å². The zero-order valence-electron chi connectivity index (χ0n) is 6.68. The molecule has 1 rings (SSSR count). The third-order valence-electron chi connectivity index (χ3n) is 1.39. The van der Waals surface area contributed by atoms with Crippen molar-refractivity contribution in [3.05, 3.63) is 40.8 Å². The molecule has 0 unspecified atom stereocenters. The van der Waals surface area contributed by atoms with E-state index in [4.69, 9.17) is 5.11 Å². The molecule has 0 heterocycles. The van der Waals surface area contributed by atoms with Gasteiger partial charge in [-0.25, -0.2) is 4.79 Å². The van der Waals surface area contributed by atoms with Gasteiger partial charge >= 0.3 is 5.97 Å². The van der Waals surface area contributed by atoms with E-state index in [1.807, 2.05) is 0 Å². The number of carbonyl (C=O) groups is 1. The van der Waals surface area contributed by atoms with Crippen LogP contribution in [0.15, 0.2) is 35.5 Å². The fourth-order valence-corrected chi connectivity index (χ4v) is 0.853. The van der Waals surface area contributed by atoms with Gasteiger partial charge in [-0.3, -0.25) is 0 Å². The first kappa shape index (κ1) is 9.12. The first-order valence-corrected chi connectivity index (χ1v) is 3.57. The number of carboxylic acid groups (broad SMARTS) is 1. The fourth-order valence-electron chi connectivity index (χ4n) is 0.853. The number of benzene rings is 1. The van der Waals surface area contributed by atoms with Crippen LogP contribution in [0.2, 0.25) is 0 Å². The zero-order chi connectivity index (χ0) is 9.68. The van der Waals surface area contributed by atoms with Crippen LogP contribution >= 0.6 is 0 Å². The highest BCUT2D eigenvalue weighted by atomic mass is 16.4. The van der Waals surface area contributed by atoms with Crippen molar-refractivity contribution in [1.29, 1.82) is 0 Å². The van der Waals surface area contributed by atoms with E-state index in [9.17, 15) is 9.70 Å². The molecule has 0 saturated carbocycles. The smallest absolute Gasteiger partial charge is 0.328 e. The van der Waals surface area contributed by atoms with Gasteiger partial charge in [0.15, 0.2) is 0 Å². The summed E-state index contributed by atoms with van der Waals surface area (Å²) in [5.74, 6) is -1.02. The van der Waals surface area contributed by atoms with E-state index < -0.39 is 5.97 Å². The molecule has 0 bridgehead atoms. The van der Waals surface area contributed by atoms with Crippen LogP contribution in [0.3, 0.4) is 0 Å². The van der Waals surface area contributed by atoms with E-state index in [1.54, 1.807) is 18.2 Å². The highest BCUT2D eigenvalue weighted by Gasteiger charge is 1.92. The maximum Gasteiger partial charge on any atom is 0.328 e. The summed E-state index contributed by atoms with van der Waals surface area (Å²) in [6, 6.07) is 6.38. The lowest BCUT2D eigenvalue weighted by Crippen LogP contribution is -1.85.